The lowest BCUT2D eigenvalue weighted by Crippen LogP contribution is -3.00. The Hall–Kier alpha value is -1.17. The van der Waals surface area contributed by atoms with Crippen molar-refractivity contribution in [3.05, 3.63) is 21.7 Å². The molecule has 2 aromatic rings. The summed E-state index contributed by atoms with van der Waals surface area (Å²) in [6, 6.07) is 0. The van der Waals surface area contributed by atoms with Gasteiger partial charge in [0, 0.05) is 24.0 Å². The Morgan fingerprint density at radius 1 is 1.18 bits per heavy atom. The predicted octanol–water partition coefficient (Wildman–Crippen LogP) is -0.443. The molecule has 0 spiro atoms. The van der Waals surface area contributed by atoms with E-state index in [0.29, 0.717) is 6.17 Å². The Kier molecular flexibility index (Phi) is 3.91. The molecule has 2 aromatic heterocycles. The fraction of sp³-hybridized carbons (Fsp3) is 0.500. The summed E-state index contributed by atoms with van der Waals surface area (Å²) in [6.45, 7) is 10.9. The zero-order valence-electron chi connectivity index (χ0n) is 13.4. The minimum Gasteiger partial charge on any atom is -1.00 e. The molecule has 0 saturated carbocycles. The van der Waals surface area contributed by atoms with E-state index in [1.54, 1.807) is 0 Å². The quantitative estimate of drug-likeness (QED) is 0.709. The lowest BCUT2D eigenvalue weighted by atomic mass is 10.0. The minimum absolute atomic E-state index is 0. The summed E-state index contributed by atoms with van der Waals surface area (Å²) in [6.07, 6.45) is 1.64. The zero-order chi connectivity index (χ0) is 14.7. The zero-order valence-corrected chi connectivity index (χ0v) is 15.0. The van der Waals surface area contributed by atoms with Gasteiger partial charge in [-0.1, -0.05) is 0 Å². The van der Waals surface area contributed by atoms with Crippen LogP contribution in [0.25, 0.3) is 10.2 Å². The van der Waals surface area contributed by atoms with Gasteiger partial charge in [-0.15, -0.1) is 11.3 Å². The van der Waals surface area contributed by atoms with Gasteiger partial charge in [0.05, 0.1) is 12.2 Å². The topological polar surface area (TPSA) is 45.1 Å². The highest BCUT2D eigenvalue weighted by Gasteiger charge is 2.36. The number of quaternary nitrogens is 1. The summed E-state index contributed by atoms with van der Waals surface area (Å²) in [4.78, 5) is 14.7. The maximum absolute atomic E-state index is 4.94. The van der Waals surface area contributed by atoms with E-state index in [0.717, 1.165) is 22.9 Å². The van der Waals surface area contributed by atoms with E-state index in [1.165, 1.54) is 40.0 Å². The van der Waals surface area contributed by atoms with E-state index in [1.807, 2.05) is 11.3 Å². The highest BCUT2D eigenvalue weighted by atomic mass is 35.5. The molecular weight excluding hydrogens is 316 g/mol. The summed E-state index contributed by atoms with van der Waals surface area (Å²) < 4.78 is 0. The highest BCUT2D eigenvalue weighted by molar-refractivity contribution is 7.19. The molecule has 118 valence electrons. The van der Waals surface area contributed by atoms with Gasteiger partial charge in [0.1, 0.15) is 15.5 Å². The molecular formula is C16H21ClN4S. The van der Waals surface area contributed by atoms with Gasteiger partial charge in [-0.25, -0.2) is 9.98 Å². The van der Waals surface area contributed by atoms with Crippen LogP contribution in [0.5, 0.6) is 0 Å². The van der Waals surface area contributed by atoms with Gasteiger partial charge >= 0.3 is 0 Å². The fourth-order valence-corrected chi connectivity index (χ4v) is 4.82. The van der Waals surface area contributed by atoms with Gasteiger partial charge in [-0.3, -0.25) is 0 Å². The number of fused-ring (bicyclic) bond motifs is 5. The first-order valence-electron chi connectivity index (χ1n) is 7.63. The summed E-state index contributed by atoms with van der Waals surface area (Å²) >= 11 is 1.83. The maximum atomic E-state index is 4.94. The number of amidine groups is 1. The van der Waals surface area contributed by atoms with Crippen molar-refractivity contribution in [3.8, 4) is 0 Å². The summed E-state index contributed by atoms with van der Waals surface area (Å²) in [5.41, 5.74) is 4.96. The van der Waals surface area contributed by atoms with E-state index in [9.17, 15) is 0 Å². The molecule has 0 radical (unpaired) electrons. The molecule has 0 aliphatic carbocycles. The minimum atomic E-state index is 0. The van der Waals surface area contributed by atoms with Crippen molar-refractivity contribution < 1.29 is 17.7 Å². The fourth-order valence-electron chi connectivity index (χ4n) is 3.49. The van der Waals surface area contributed by atoms with Crippen molar-refractivity contribution >= 4 is 33.1 Å². The van der Waals surface area contributed by atoms with Crippen molar-refractivity contribution in [1.29, 1.82) is 0 Å². The number of hydrogen-bond acceptors (Lipinski definition) is 4. The normalized spacial score (nSPS) is 20.3. The van der Waals surface area contributed by atoms with Gasteiger partial charge < -0.3 is 22.6 Å². The largest absolute Gasteiger partial charge is 1.00 e. The summed E-state index contributed by atoms with van der Waals surface area (Å²) in [5, 5.41) is 3.72. The first kappa shape index (κ1) is 15.7. The van der Waals surface area contributed by atoms with Crippen LogP contribution in [0.3, 0.4) is 0 Å². The van der Waals surface area contributed by atoms with Crippen LogP contribution in [0.4, 0.5) is 5.69 Å². The number of nitrogens with two attached hydrogens (primary N) is 1. The molecule has 22 heavy (non-hydrogen) atoms. The summed E-state index contributed by atoms with van der Waals surface area (Å²) in [5.74, 6) is 1.15. The Labute approximate surface area is 141 Å². The number of aliphatic imine (C=N–C) groups is 1. The lowest BCUT2D eigenvalue weighted by molar-refractivity contribution is -0.721. The van der Waals surface area contributed by atoms with Crippen molar-refractivity contribution in [1.82, 2.24) is 9.88 Å². The predicted molar refractivity (Wildman–Crippen MR) is 87.5 cm³/mol. The van der Waals surface area contributed by atoms with Gasteiger partial charge in [-0.05, 0) is 38.8 Å². The molecule has 6 heteroatoms. The van der Waals surface area contributed by atoms with E-state index >= 15 is 0 Å². The molecule has 2 aliphatic heterocycles. The molecule has 4 rings (SSSR count). The van der Waals surface area contributed by atoms with Crippen LogP contribution in [0, 0.1) is 20.8 Å². The number of aryl methyl sites for hydroxylation is 2. The molecule has 4 heterocycles. The maximum Gasteiger partial charge on any atom is 0.200 e. The van der Waals surface area contributed by atoms with E-state index < -0.39 is 0 Å². The number of rotatable bonds is 0. The van der Waals surface area contributed by atoms with Crippen LogP contribution in [0.15, 0.2) is 4.99 Å². The van der Waals surface area contributed by atoms with E-state index in [-0.39, 0.29) is 12.4 Å². The molecule has 1 unspecified atom stereocenters. The number of nitrogens with zero attached hydrogens (tertiary/aromatic N) is 3. The molecule has 0 amide bonds. The molecule has 1 fully saturated rings. The second kappa shape index (κ2) is 5.48. The van der Waals surface area contributed by atoms with E-state index in [4.69, 9.17) is 9.98 Å². The van der Waals surface area contributed by atoms with Crippen molar-refractivity contribution in [3.63, 3.8) is 0 Å². The molecule has 1 atom stereocenters. The average Bonchev–Trinajstić information content (AvgIpc) is 2.83. The lowest BCUT2D eigenvalue weighted by Gasteiger charge is -2.36. The van der Waals surface area contributed by atoms with Gasteiger partial charge in [0.25, 0.3) is 0 Å². The van der Waals surface area contributed by atoms with Gasteiger partial charge in [-0.2, -0.15) is 0 Å². The molecule has 4 nitrogen and oxygen atoms in total. The molecule has 1 saturated heterocycles. The first-order chi connectivity index (χ1) is 10.1. The van der Waals surface area contributed by atoms with Gasteiger partial charge in [0.15, 0.2) is 0 Å². The highest BCUT2D eigenvalue weighted by Crippen LogP contribution is 2.45. The number of pyridine rings is 1. The van der Waals surface area contributed by atoms with E-state index in [2.05, 4.69) is 37.9 Å². The third-order valence-corrected chi connectivity index (χ3v) is 6.07. The third-order valence-electron chi connectivity index (χ3n) is 4.93. The number of hydrogen-bond donors (Lipinski definition) is 1. The number of aromatic nitrogens is 1. The standard InChI is InChI=1S/C16H20N4S.ClH/c1-8-9(2)12-13-14(21-16(12)18-10(8)3)15-17-6-5-7-20(15)11(4)19-13;/h15,17H,5-7H2,1-4H3;1H. The van der Waals surface area contributed by atoms with Crippen LogP contribution in [-0.2, 0) is 0 Å². The monoisotopic (exact) mass is 336 g/mol. The van der Waals surface area contributed by atoms with Crippen molar-refractivity contribution in [2.45, 2.75) is 40.3 Å². The number of halogens is 1. The van der Waals surface area contributed by atoms with Crippen LogP contribution < -0.4 is 17.7 Å². The third kappa shape index (κ3) is 2.07. The Morgan fingerprint density at radius 2 is 1.95 bits per heavy atom. The molecule has 2 aliphatic rings. The average molecular weight is 337 g/mol. The van der Waals surface area contributed by atoms with Crippen LogP contribution >= 0.6 is 11.3 Å². The second-order valence-electron chi connectivity index (χ2n) is 6.12. The van der Waals surface area contributed by atoms with Crippen molar-refractivity contribution in [2.75, 3.05) is 13.1 Å². The number of thiophene rings is 1. The second-order valence-corrected chi connectivity index (χ2v) is 7.15. The van der Waals surface area contributed by atoms with Crippen LogP contribution in [-0.4, -0.2) is 28.8 Å². The summed E-state index contributed by atoms with van der Waals surface area (Å²) in [7, 11) is 0. The SMILES string of the molecule is CC1=Nc2c(sc3nc(C)c(C)c(C)c23)C2[NH2+]CCCN12.[Cl-]. The Balaban J connectivity index is 0.00000144. The van der Waals surface area contributed by atoms with Crippen molar-refractivity contribution in [2.24, 2.45) is 4.99 Å². The first-order valence-corrected chi connectivity index (χ1v) is 8.45. The van der Waals surface area contributed by atoms with Crippen LogP contribution in [0.1, 0.15) is 41.2 Å². The van der Waals surface area contributed by atoms with Crippen LogP contribution in [0.2, 0.25) is 0 Å². The smallest absolute Gasteiger partial charge is 0.200 e. The molecule has 0 aromatic carbocycles. The van der Waals surface area contributed by atoms with Gasteiger partial charge in [0.2, 0.25) is 6.17 Å². The Morgan fingerprint density at radius 3 is 2.73 bits per heavy atom. The molecule has 2 N–H and O–H groups in total. The Bertz CT molecular complexity index is 780. The molecule has 0 bridgehead atoms.